The van der Waals surface area contributed by atoms with Crippen LogP contribution in [-0.2, 0) is 34.4 Å². The first kappa shape index (κ1) is 47.2. The van der Waals surface area contributed by atoms with Crippen molar-refractivity contribution in [3.8, 4) is 11.3 Å². The summed E-state index contributed by atoms with van der Waals surface area (Å²) in [4.78, 5) is 64.2. The number of hydrogen-bond acceptors (Lipinski definition) is 7. The highest BCUT2D eigenvalue weighted by atomic mass is 16.4. The lowest BCUT2D eigenvalue weighted by atomic mass is 9.75. The Balaban J connectivity index is 1.41. The molecular formula is C49H65N7O6. The number of nitrogens with one attached hydrogen (secondary N) is 4. The number of pyridine rings is 2. The second-order valence-corrected chi connectivity index (χ2v) is 19.5. The summed E-state index contributed by atoms with van der Waals surface area (Å²) in [6.07, 6.45) is 0.297. The van der Waals surface area contributed by atoms with Crippen LogP contribution in [0.1, 0.15) is 90.7 Å². The van der Waals surface area contributed by atoms with Crippen LogP contribution in [0.2, 0.25) is 0 Å². The number of aliphatic hydroxyl groups excluding tert-OH is 1. The molecule has 3 heterocycles. The van der Waals surface area contributed by atoms with E-state index in [1.165, 1.54) is 0 Å². The van der Waals surface area contributed by atoms with E-state index in [9.17, 15) is 29.4 Å². The van der Waals surface area contributed by atoms with Crippen LogP contribution in [-0.4, -0.2) is 86.3 Å². The van der Waals surface area contributed by atoms with Crippen molar-refractivity contribution in [2.75, 3.05) is 13.1 Å². The van der Waals surface area contributed by atoms with Crippen LogP contribution in [0.15, 0.2) is 97.2 Å². The fourth-order valence-corrected chi connectivity index (χ4v) is 8.14. The van der Waals surface area contributed by atoms with Gasteiger partial charge in [0.1, 0.15) is 0 Å². The Hall–Kier alpha value is -5.82. The predicted molar refractivity (Wildman–Crippen MR) is 241 cm³/mol. The number of carboxylic acid groups (broad SMARTS) is 1. The Labute approximate surface area is 366 Å². The van der Waals surface area contributed by atoms with Crippen molar-refractivity contribution in [3.05, 3.63) is 120 Å². The van der Waals surface area contributed by atoms with Gasteiger partial charge in [-0.05, 0) is 65.5 Å². The van der Waals surface area contributed by atoms with Gasteiger partial charge in [-0.3, -0.25) is 19.6 Å². The fraction of sp³-hybridized carbons (Fsp3) is 0.469. The Morgan fingerprint density at radius 2 is 1.52 bits per heavy atom. The number of amides is 5. The van der Waals surface area contributed by atoms with E-state index in [4.69, 9.17) is 4.98 Å². The molecule has 5 amide bonds. The lowest BCUT2D eigenvalue weighted by Gasteiger charge is -2.39. The molecule has 1 saturated heterocycles. The summed E-state index contributed by atoms with van der Waals surface area (Å²) >= 11 is 0. The molecular weight excluding hydrogens is 783 g/mol. The van der Waals surface area contributed by atoms with Crippen LogP contribution in [0.4, 0.5) is 9.59 Å². The van der Waals surface area contributed by atoms with Crippen LogP contribution < -0.4 is 21.3 Å². The lowest BCUT2D eigenvalue weighted by molar-refractivity contribution is -0.132. The summed E-state index contributed by atoms with van der Waals surface area (Å²) in [6, 6.07) is 27.0. The summed E-state index contributed by atoms with van der Waals surface area (Å²) in [5.74, 6) is -1.26. The van der Waals surface area contributed by atoms with Crippen molar-refractivity contribution in [1.29, 1.82) is 0 Å². The molecule has 2 aromatic carbocycles. The van der Waals surface area contributed by atoms with E-state index >= 15 is 0 Å². The maximum Gasteiger partial charge on any atom is 0.404 e. The van der Waals surface area contributed by atoms with Gasteiger partial charge < -0.3 is 36.4 Å². The van der Waals surface area contributed by atoms with Gasteiger partial charge in [0.15, 0.2) is 0 Å². The number of urea groups is 1. The van der Waals surface area contributed by atoms with Gasteiger partial charge in [0, 0.05) is 48.4 Å². The number of carbonyl (C=O) groups excluding carboxylic acids is 3. The fourth-order valence-electron chi connectivity index (χ4n) is 8.14. The summed E-state index contributed by atoms with van der Waals surface area (Å²) in [5, 5.41) is 33.2. The van der Waals surface area contributed by atoms with Crippen LogP contribution in [0, 0.1) is 16.7 Å². The minimum atomic E-state index is -1.17. The average molecular weight is 848 g/mol. The highest BCUT2D eigenvalue weighted by molar-refractivity contribution is 5.84. The molecule has 0 bridgehead atoms. The summed E-state index contributed by atoms with van der Waals surface area (Å²) in [7, 11) is 0. The topological polar surface area (TPSA) is 186 Å². The summed E-state index contributed by atoms with van der Waals surface area (Å²) < 4.78 is 0. The van der Waals surface area contributed by atoms with Gasteiger partial charge in [-0.15, -0.1) is 0 Å². The molecule has 6 N–H and O–H groups in total. The van der Waals surface area contributed by atoms with Gasteiger partial charge in [-0.1, -0.05) is 122 Å². The SMILES string of the molecule is CC(C)(CNC(=O)O)CC(=O)NC(Cc1ccc(-c2ccccn2)cc1)CC(O)C(Cc1ccccc1)NC(=O)C(C1CNC(=O)N1Cc1cccc(C(C)(C)C)n1)C(C)(C)C. The maximum atomic E-state index is 14.8. The minimum absolute atomic E-state index is 0.0383. The first-order valence-electron chi connectivity index (χ1n) is 21.5. The number of nitrogens with zero attached hydrogens (tertiary/aromatic N) is 3. The minimum Gasteiger partial charge on any atom is -0.465 e. The molecule has 5 rings (SSSR count). The third kappa shape index (κ3) is 13.6. The van der Waals surface area contributed by atoms with Crippen LogP contribution >= 0.6 is 0 Å². The highest BCUT2D eigenvalue weighted by Gasteiger charge is 2.46. The van der Waals surface area contributed by atoms with Crippen molar-refractivity contribution in [1.82, 2.24) is 36.1 Å². The summed E-state index contributed by atoms with van der Waals surface area (Å²) in [5.41, 5.74) is 3.77. The monoisotopic (exact) mass is 847 g/mol. The molecule has 62 heavy (non-hydrogen) atoms. The molecule has 5 unspecified atom stereocenters. The second-order valence-electron chi connectivity index (χ2n) is 19.5. The largest absolute Gasteiger partial charge is 0.465 e. The number of carbonyl (C=O) groups is 4. The van der Waals surface area contributed by atoms with Crippen molar-refractivity contribution >= 4 is 23.9 Å². The Morgan fingerprint density at radius 3 is 2.15 bits per heavy atom. The second kappa shape index (κ2) is 20.4. The van der Waals surface area contributed by atoms with Crippen molar-refractivity contribution in [2.24, 2.45) is 16.7 Å². The maximum absolute atomic E-state index is 14.8. The highest BCUT2D eigenvalue weighted by Crippen LogP contribution is 2.34. The lowest BCUT2D eigenvalue weighted by Crippen LogP contribution is -2.56. The first-order chi connectivity index (χ1) is 29.2. The van der Waals surface area contributed by atoms with Crippen LogP contribution in [0.5, 0.6) is 0 Å². The van der Waals surface area contributed by atoms with Gasteiger partial charge in [-0.2, -0.15) is 0 Å². The third-order valence-electron chi connectivity index (χ3n) is 11.4. The van der Waals surface area contributed by atoms with Crippen molar-refractivity contribution in [2.45, 2.75) is 117 Å². The smallest absolute Gasteiger partial charge is 0.404 e. The Bertz CT molecular complexity index is 2120. The van der Waals surface area contributed by atoms with Gasteiger partial charge in [0.25, 0.3) is 0 Å². The molecule has 13 nitrogen and oxygen atoms in total. The van der Waals surface area contributed by atoms with E-state index in [0.717, 1.165) is 33.8 Å². The van der Waals surface area contributed by atoms with E-state index in [2.05, 4.69) is 47.0 Å². The van der Waals surface area contributed by atoms with Gasteiger partial charge in [-0.25, -0.2) is 9.59 Å². The van der Waals surface area contributed by atoms with Crippen LogP contribution in [0.3, 0.4) is 0 Å². The van der Waals surface area contributed by atoms with E-state index in [-0.39, 0.29) is 55.7 Å². The molecule has 4 aromatic rings. The molecule has 1 fully saturated rings. The number of rotatable bonds is 18. The standard InChI is InChI=1S/C49H65N7O6/c1-47(2,3)41-19-14-17-35(53-41)30-56-39(29-51-45(56)60)43(48(4,5)6)44(59)55-38(26-32-15-10-9-11-16-32)40(57)27-36(54-42(58)28-49(7,8)31-52-46(61)62)25-33-20-22-34(23-21-33)37-18-12-13-24-50-37/h9-24,36,38-40,43,52,57H,25-31H2,1-8H3,(H,51,60)(H,54,58)(H,55,59)(H,61,62). The van der Waals surface area contributed by atoms with E-state index in [0.29, 0.717) is 12.8 Å². The van der Waals surface area contributed by atoms with Gasteiger partial charge >= 0.3 is 12.1 Å². The molecule has 2 aromatic heterocycles. The average Bonchev–Trinajstić information content (AvgIpc) is 3.54. The number of aromatic nitrogens is 2. The number of benzene rings is 2. The molecule has 1 aliphatic heterocycles. The molecule has 5 atom stereocenters. The number of hydrogen-bond donors (Lipinski definition) is 6. The zero-order chi connectivity index (χ0) is 45.2. The molecule has 0 radical (unpaired) electrons. The predicted octanol–water partition coefficient (Wildman–Crippen LogP) is 6.89. The van der Waals surface area contributed by atoms with Gasteiger partial charge in [0.2, 0.25) is 11.8 Å². The summed E-state index contributed by atoms with van der Waals surface area (Å²) in [6.45, 7) is 16.4. The molecule has 0 saturated carbocycles. The zero-order valence-electron chi connectivity index (χ0n) is 37.4. The van der Waals surface area contributed by atoms with Crippen molar-refractivity contribution < 1.29 is 29.4 Å². The van der Waals surface area contributed by atoms with Gasteiger partial charge in [0.05, 0.1) is 42.0 Å². The molecule has 332 valence electrons. The molecule has 13 heteroatoms. The third-order valence-corrected chi connectivity index (χ3v) is 11.4. The van der Waals surface area contributed by atoms with Crippen LogP contribution in [0.25, 0.3) is 11.3 Å². The van der Waals surface area contributed by atoms with E-state index < -0.39 is 47.1 Å². The quantitative estimate of drug-likeness (QED) is 0.0625. The zero-order valence-corrected chi connectivity index (χ0v) is 37.4. The normalized spacial score (nSPS) is 16.4. The first-order valence-corrected chi connectivity index (χ1v) is 21.5. The molecule has 1 aliphatic rings. The Kier molecular flexibility index (Phi) is 15.5. The van der Waals surface area contributed by atoms with E-state index in [1.807, 2.05) is 126 Å². The molecule has 0 spiro atoms. The molecule has 0 aliphatic carbocycles. The number of aliphatic hydroxyl groups is 1. The van der Waals surface area contributed by atoms with E-state index in [1.54, 1.807) is 11.1 Å². The Morgan fingerprint density at radius 1 is 0.839 bits per heavy atom. The van der Waals surface area contributed by atoms with Crippen molar-refractivity contribution in [3.63, 3.8) is 0 Å².